The van der Waals surface area contributed by atoms with E-state index in [-0.39, 0.29) is 23.1 Å². The van der Waals surface area contributed by atoms with Gasteiger partial charge in [0.1, 0.15) is 10.5 Å². The van der Waals surface area contributed by atoms with Gasteiger partial charge in [0.2, 0.25) is 0 Å². The third-order valence-electron chi connectivity index (χ3n) is 1.75. The Bertz CT molecular complexity index is 280. The summed E-state index contributed by atoms with van der Waals surface area (Å²) in [6.45, 7) is 5.38. The van der Waals surface area contributed by atoms with Gasteiger partial charge in [0.25, 0.3) is 0 Å². The molecule has 0 aromatic rings. The number of hydrogen-bond acceptors (Lipinski definition) is 7. The van der Waals surface area contributed by atoms with E-state index in [0.717, 1.165) is 31.4 Å². The lowest BCUT2D eigenvalue weighted by molar-refractivity contribution is -0.125. The standard InChI is InChI=1S/C10H14O4S3/c1-5(11)9(6(2)12)15-17-16-10(7(3)13)8(4)14/h9-10H,1-4H3. The molecule has 0 rings (SSSR count). The van der Waals surface area contributed by atoms with E-state index in [4.69, 9.17) is 0 Å². The Kier molecular flexibility index (Phi) is 7.82. The summed E-state index contributed by atoms with van der Waals surface area (Å²) < 4.78 is 0. The maximum absolute atomic E-state index is 11.1. The summed E-state index contributed by atoms with van der Waals surface area (Å²) in [5.41, 5.74) is 0. The average molecular weight is 294 g/mol. The summed E-state index contributed by atoms with van der Waals surface area (Å²) >= 11 is 0. The van der Waals surface area contributed by atoms with Gasteiger partial charge in [0.05, 0.1) is 0 Å². The molecule has 0 spiro atoms. The minimum Gasteiger partial charge on any atom is -0.298 e. The summed E-state index contributed by atoms with van der Waals surface area (Å²) in [5.74, 6) is -0.897. The maximum atomic E-state index is 11.1. The van der Waals surface area contributed by atoms with E-state index in [9.17, 15) is 19.2 Å². The molecule has 4 nitrogen and oxygen atoms in total. The first-order valence-corrected chi connectivity index (χ1v) is 8.39. The summed E-state index contributed by atoms with van der Waals surface area (Å²) in [6, 6.07) is 0. The van der Waals surface area contributed by atoms with E-state index >= 15 is 0 Å². The van der Waals surface area contributed by atoms with Crippen LogP contribution in [-0.2, 0) is 19.2 Å². The van der Waals surface area contributed by atoms with Gasteiger partial charge in [-0.15, -0.1) is 0 Å². The third-order valence-corrected chi connectivity index (χ3v) is 6.66. The molecule has 0 saturated heterocycles. The smallest absolute Gasteiger partial charge is 0.151 e. The maximum Gasteiger partial charge on any atom is 0.151 e. The van der Waals surface area contributed by atoms with Crippen molar-refractivity contribution in [2.75, 3.05) is 0 Å². The van der Waals surface area contributed by atoms with Gasteiger partial charge in [-0.3, -0.25) is 19.2 Å². The van der Waals surface area contributed by atoms with Crippen LogP contribution in [0, 0.1) is 0 Å². The molecular weight excluding hydrogens is 280 g/mol. The highest BCUT2D eigenvalue weighted by molar-refractivity contribution is 9.09. The SMILES string of the molecule is CC(=O)C(SSSC(C(C)=O)C(C)=O)C(C)=O. The van der Waals surface area contributed by atoms with E-state index < -0.39 is 10.5 Å². The molecule has 7 heteroatoms. The summed E-state index contributed by atoms with van der Waals surface area (Å²) in [5, 5.41) is -1.46. The number of Topliss-reactive ketones (excluding diaryl/α,β-unsaturated/α-hetero) is 4. The first-order valence-electron chi connectivity index (χ1n) is 4.78. The van der Waals surface area contributed by atoms with Crippen molar-refractivity contribution in [3.8, 4) is 0 Å². The summed E-state index contributed by atoms with van der Waals surface area (Å²) in [7, 11) is 3.29. The van der Waals surface area contributed by atoms with Crippen LogP contribution in [0.25, 0.3) is 0 Å². The fraction of sp³-hybridized carbons (Fsp3) is 0.600. The molecule has 0 saturated carbocycles. The van der Waals surface area contributed by atoms with E-state index in [1.165, 1.54) is 27.7 Å². The molecule has 0 heterocycles. The van der Waals surface area contributed by atoms with Gasteiger partial charge in [-0.2, -0.15) is 0 Å². The first kappa shape index (κ1) is 16.7. The van der Waals surface area contributed by atoms with Gasteiger partial charge in [-0.25, -0.2) is 0 Å². The van der Waals surface area contributed by atoms with Crippen LogP contribution in [0.1, 0.15) is 27.7 Å². The molecule has 0 aliphatic heterocycles. The second-order valence-electron chi connectivity index (χ2n) is 3.46. The lowest BCUT2D eigenvalue weighted by atomic mass is 10.2. The van der Waals surface area contributed by atoms with E-state index in [0.29, 0.717) is 0 Å². The number of ketones is 4. The van der Waals surface area contributed by atoms with Crippen molar-refractivity contribution in [1.82, 2.24) is 0 Å². The number of carbonyl (C=O) groups is 4. The molecule has 0 radical (unpaired) electrons. The Morgan fingerprint density at radius 3 is 1.06 bits per heavy atom. The van der Waals surface area contributed by atoms with Crippen molar-refractivity contribution in [3.63, 3.8) is 0 Å². The van der Waals surface area contributed by atoms with Gasteiger partial charge >= 0.3 is 0 Å². The van der Waals surface area contributed by atoms with Gasteiger partial charge in [0.15, 0.2) is 23.1 Å². The van der Waals surface area contributed by atoms with Crippen LogP contribution in [-0.4, -0.2) is 33.6 Å². The van der Waals surface area contributed by atoms with Crippen molar-refractivity contribution < 1.29 is 19.2 Å². The van der Waals surface area contributed by atoms with Gasteiger partial charge in [-0.05, 0) is 37.5 Å². The second kappa shape index (κ2) is 7.94. The molecule has 0 atom stereocenters. The Morgan fingerprint density at radius 1 is 0.647 bits per heavy atom. The fourth-order valence-electron chi connectivity index (χ4n) is 0.945. The summed E-state index contributed by atoms with van der Waals surface area (Å²) in [6.07, 6.45) is 0. The molecule has 0 aromatic heterocycles. The largest absolute Gasteiger partial charge is 0.298 e. The molecule has 0 aliphatic rings. The minimum absolute atomic E-state index is 0.224. The van der Waals surface area contributed by atoms with Crippen molar-refractivity contribution in [2.24, 2.45) is 0 Å². The lowest BCUT2D eigenvalue weighted by Crippen LogP contribution is -2.22. The van der Waals surface area contributed by atoms with Gasteiger partial charge < -0.3 is 0 Å². The molecule has 0 aromatic carbocycles. The van der Waals surface area contributed by atoms with Crippen LogP contribution >= 0.6 is 31.4 Å². The van der Waals surface area contributed by atoms with Crippen molar-refractivity contribution in [2.45, 2.75) is 38.2 Å². The molecule has 0 unspecified atom stereocenters. The van der Waals surface area contributed by atoms with Gasteiger partial charge in [-0.1, -0.05) is 21.6 Å². The average Bonchev–Trinajstić information content (AvgIpc) is 2.14. The van der Waals surface area contributed by atoms with Crippen LogP contribution in [0.2, 0.25) is 0 Å². The molecule has 0 fully saturated rings. The Hall–Kier alpha value is -0.270. The fourth-order valence-corrected chi connectivity index (χ4v) is 5.75. The molecule has 0 aliphatic carbocycles. The lowest BCUT2D eigenvalue weighted by Gasteiger charge is -2.11. The van der Waals surface area contributed by atoms with Crippen molar-refractivity contribution in [3.05, 3.63) is 0 Å². The third kappa shape index (κ3) is 6.28. The highest BCUT2D eigenvalue weighted by Crippen LogP contribution is 2.41. The number of hydrogen-bond donors (Lipinski definition) is 0. The highest BCUT2D eigenvalue weighted by Gasteiger charge is 2.24. The monoisotopic (exact) mass is 294 g/mol. The number of rotatable bonds is 8. The quantitative estimate of drug-likeness (QED) is 0.501. The Balaban J connectivity index is 4.29. The second-order valence-corrected chi connectivity index (χ2v) is 7.71. The summed E-state index contributed by atoms with van der Waals surface area (Å²) in [4.78, 5) is 44.5. The van der Waals surface area contributed by atoms with Gasteiger partial charge in [0, 0.05) is 0 Å². The van der Waals surface area contributed by atoms with Crippen molar-refractivity contribution in [1.29, 1.82) is 0 Å². The predicted molar refractivity (Wildman–Crippen MR) is 73.1 cm³/mol. The normalized spacial score (nSPS) is 10.7. The highest BCUT2D eigenvalue weighted by atomic mass is 33.5. The topological polar surface area (TPSA) is 68.3 Å². The van der Waals surface area contributed by atoms with Crippen molar-refractivity contribution >= 4 is 54.5 Å². The Morgan fingerprint density at radius 2 is 0.882 bits per heavy atom. The first-order chi connectivity index (χ1) is 7.77. The van der Waals surface area contributed by atoms with E-state index in [2.05, 4.69) is 0 Å². The zero-order valence-corrected chi connectivity index (χ0v) is 12.5. The molecular formula is C10H14O4S3. The van der Waals surface area contributed by atoms with Crippen LogP contribution in [0.4, 0.5) is 0 Å². The molecule has 17 heavy (non-hydrogen) atoms. The zero-order chi connectivity index (χ0) is 13.6. The molecule has 0 N–H and O–H groups in total. The Labute approximate surface area is 112 Å². The van der Waals surface area contributed by atoms with Crippen LogP contribution in [0.3, 0.4) is 0 Å². The minimum atomic E-state index is -0.730. The van der Waals surface area contributed by atoms with Crippen LogP contribution in [0.15, 0.2) is 0 Å². The zero-order valence-electron chi connectivity index (χ0n) is 10.0. The van der Waals surface area contributed by atoms with E-state index in [1.807, 2.05) is 0 Å². The predicted octanol–water partition coefficient (Wildman–Crippen LogP) is 2.11. The molecule has 0 amide bonds. The molecule has 96 valence electrons. The van der Waals surface area contributed by atoms with Crippen LogP contribution in [0.5, 0.6) is 0 Å². The molecule has 0 bridgehead atoms. The van der Waals surface area contributed by atoms with Crippen LogP contribution < -0.4 is 0 Å². The number of carbonyl (C=O) groups excluding carboxylic acids is 4. The van der Waals surface area contributed by atoms with E-state index in [1.54, 1.807) is 0 Å².